The van der Waals surface area contributed by atoms with E-state index in [4.69, 9.17) is 4.74 Å². The maximum Gasteiger partial charge on any atom is 0.338 e. The minimum absolute atomic E-state index is 0.138. The van der Waals surface area contributed by atoms with E-state index in [-0.39, 0.29) is 23.3 Å². The van der Waals surface area contributed by atoms with Gasteiger partial charge in [0.05, 0.1) is 18.1 Å². The lowest BCUT2D eigenvalue weighted by Gasteiger charge is -2.18. The first-order chi connectivity index (χ1) is 16.7. The van der Waals surface area contributed by atoms with E-state index in [1.54, 1.807) is 62.6 Å². The van der Waals surface area contributed by atoms with Crippen LogP contribution in [0.3, 0.4) is 0 Å². The summed E-state index contributed by atoms with van der Waals surface area (Å²) in [5.74, 6) is -1.43. The van der Waals surface area contributed by atoms with Crippen LogP contribution in [-0.4, -0.2) is 54.1 Å². The number of hydrogen-bond acceptors (Lipinski definition) is 6. The molecule has 0 spiro atoms. The number of esters is 1. The Morgan fingerprint density at radius 2 is 1.60 bits per heavy atom. The number of phenolic OH excluding ortho intramolecular Hbond substituents is 2. The van der Waals surface area contributed by atoms with Crippen LogP contribution in [0.1, 0.15) is 39.1 Å². The van der Waals surface area contributed by atoms with Gasteiger partial charge in [-0.1, -0.05) is 18.2 Å². The predicted octanol–water partition coefficient (Wildman–Crippen LogP) is 3.92. The third kappa shape index (κ3) is 4.55. The van der Waals surface area contributed by atoms with Gasteiger partial charge in [0.1, 0.15) is 0 Å². The maximum absolute atomic E-state index is 13.2. The van der Waals surface area contributed by atoms with E-state index < -0.39 is 11.4 Å². The number of phenols is 2. The number of nitrogens with one attached hydrogen (secondary N) is 1. The van der Waals surface area contributed by atoms with Gasteiger partial charge in [-0.05, 0) is 72.0 Å². The number of ether oxygens (including phenoxy) is 1. The van der Waals surface area contributed by atoms with E-state index in [1.807, 2.05) is 0 Å². The molecule has 1 fully saturated rings. The third-order valence-electron chi connectivity index (χ3n) is 6.24. The van der Waals surface area contributed by atoms with Crippen LogP contribution in [0.2, 0.25) is 0 Å². The molecule has 0 aromatic heterocycles. The molecule has 0 atom stereocenters. The molecular weight excluding hydrogens is 448 g/mol. The van der Waals surface area contributed by atoms with Crippen molar-refractivity contribution in [3.05, 3.63) is 77.4 Å². The van der Waals surface area contributed by atoms with Gasteiger partial charge < -0.3 is 25.2 Å². The van der Waals surface area contributed by atoms with Gasteiger partial charge >= 0.3 is 5.97 Å². The number of aromatic hydroxyl groups is 2. The van der Waals surface area contributed by atoms with Crippen LogP contribution in [0, 0.1) is 0 Å². The molecule has 4 rings (SSSR count). The Morgan fingerprint density at radius 1 is 0.914 bits per heavy atom. The van der Waals surface area contributed by atoms with Crippen LogP contribution in [0.4, 0.5) is 5.69 Å². The Morgan fingerprint density at radius 3 is 2.17 bits per heavy atom. The van der Waals surface area contributed by atoms with Gasteiger partial charge in [-0.15, -0.1) is 0 Å². The summed E-state index contributed by atoms with van der Waals surface area (Å²) >= 11 is 0. The molecule has 180 valence electrons. The Kier molecular flexibility index (Phi) is 6.22. The van der Waals surface area contributed by atoms with E-state index in [2.05, 4.69) is 5.32 Å². The second-order valence-electron chi connectivity index (χ2n) is 8.77. The second kappa shape index (κ2) is 9.13. The lowest BCUT2D eigenvalue weighted by molar-refractivity contribution is -0.118. The number of hydrogen-bond donors (Lipinski definition) is 3. The lowest BCUT2D eigenvalue weighted by atomic mass is 9.94. The molecule has 1 aliphatic carbocycles. The number of benzene rings is 3. The van der Waals surface area contributed by atoms with Gasteiger partial charge in [-0.2, -0.15) is 0 Å². The van der Waals surface area contributed by atoms with Crippen molar-refractivity contribution in [3.63, 3.8) is 0 Å². The molecule has 0 aliphatic heterocycles. The van der Waals surface area contributed by atoms with Gasteiger partial charge in [0, 0.05) is 25.3 Å². The largest absolute Gasteiger partial charge is 0.504 e. The maximum atomic E-state index is 13.2. The first kappa shape index (κ1) is 23.8. The first-order valence-electron chi connectivity index (χ1n) is 11.0. The Labute approximate surface area is 202 Å². The van der Waals surface area contributed by atoms with Crippen molar-refractivity contribution in [1.82, 2.24) is 4.90 Å². The van der Waals surface area contributed by atoms with Crippen molar-refractivity contribution in [2.45, 2.75) is 18.3 Å². The fourth-order valence-electron chi connectivity index (χ4n) is 4.04. The predicted molar refractivity (Wildman–Crippen MR) is 131 cm³/mol. The number of amides is 2. The molecule has 3 aromatic carbocycles. The smallest absolute Gasteiger partial charge is 0.338 e. The topological polar surface area (TPSA) is 116 Å². The molecule has 0 radical (unpaired) electrons. The van der Waals surface area contributed by atoms with E-state index in [0.29, 0.717) is 46.3 Å². The zero-order chi connectivity index (χ0) is 25.3. The highest BCUT2D eigenvalue weighted by Gasteiger charge is 2.51. The third-order valence-corrected chi connectivity index (χ3v) is 6.24. The number of methoxy groups -OCH3 is 1. The fraction of sp³-hybridized carbons (Fsp3) is 0.222. The Balaban J connectivity index is 1.65. The summed E-state index contributed by atoms with van der Waals surface area (Å²) in [7, 11) is 4.64. The van der Waals surface area contributed by atoms with Gasteiger partial charge in [-0.25, -0.2) is 4.79 Å². The number of carbonyl (C=O) groups is 3. The van der Waals surface area contributed by atoms with Crippen LogP contribution in [0.25, 0.3) is 11.1 Å². The monoisotopic (exact) mass is 474 g/mol. The van der Waals surface area contributed by atoms with E-state index in [1.165, 1.54) is 24.1 Å². The van der Waals surface area contributed by atoms with Crippen molar-refractivity contribution in [3.8, 4) is 22.6 Å². The highest BCUT2D eigenvalue weighted by Crippen LogP contribution is 2.50. The van der Waals surface area contributed by atoms with E-state index in [0.717, 1.165) is 0 Å². The zero-order valence-corrected chi connectivity index (χ0v) is 19.7. The molecule has 3 N–H and O–H groups in total. The van der Waals surface area contributed by atoms with E-state index in [9.17, 15) is 24.6 Å². The Bertz CT molecular complexity index is 1310. The van der Waals surface area contributed by atoms with Crippen molar-refractivity contribution >= 4 is 23.5 Å². The molecule has 0 bridgehead atoms. The minimum Gasteiger partial charge on any atom is -0.504 e. The number of rotatable bonds is 6. The van der Waals surface area contributed by atoms with Gasteiger partial charge in [0.15, 0.2) is 11.5 Å². The van der Waals surface area contributed by atoms with Gasteiger partial charge in [0.25, 0.3) is 5.91 Å². The average molecular weight is 475 g/mol. The van der Waals surface area contributed by atoms with Crippen molar-refractivity contribution in [2.24, 2.45) is 0 Å². The summed E-state index contributed by atoms with van der Waals surface area (Å²) in [6.45, 7) is 0. The summed E-state index contributed by atoms with van der Waals surface area (Å²) < 4.78 is 4.92. The van der Waals surface area contributed by atoms with Crippen molar-refractivity contribution < 1.29 is 29.3 Å². The van der Waals surface area contributed by atoms with Crippen molar-refractivity contribution in [1.29, 1.82) is 0 Å². The van der Waals surface area contributed by atoms with Crippen molar-refractivity contribution in [2.75, 3.05) is 26.5 Å². The Hall–Kier alpha value is -4.33. The molecule has 1 aliphatic rings. The molecule has 2 amide bonds. The average Bonchev–Trinajstić information content (AvgIpc) is 3.67. The standard InChI is InChI=1S/C27H26N2O6/c1-29(2)24(32)17-6-4-16(5-7-17)21-15-19(9-10-20(21)25(33)35-3)28-26(34)27(12-13-27)18-8-11-22(30)23(31)14-18/h4-11,14-15,30-31H,12-13H2,1-3H3,(H,28,34). The summed E-state index contributed by atoms with van der Waals surface area (Å²) in [5.41, 5.74) is 2.38. The highest BCUT2D eigenvalue weighted by atomic mass is 16.5. The SMILES string of the molecule is COC(=O)c1ccc(NC(=O)C2(c3ccc(O)c(O)c3)CC2)cc1-c1ccc(C(=O)N(C)C)cc1. The molecule has 1 saturated carbocycles. The molecule has 0 heterocycles. The summed E-state index contributed by atoms with van der Waals surface area (Å²) in [6, 6.07) is 16.2. The summed E-state index contributed by atoms with van der Waals surface area (Å²) in [6.07, 6.45) is 1.22. The first-order valence-corrected chi connectivity index (χ1v) is 11.0. The van der Waals surface area contributed by atoms with Crippen LogP contribution in [0.15, 0.2) is 60.7 Å². The number of anilines is 1. The molecule has 0 unspecified atom stereocenters. The quantitative estimate of drug-likeness (QED) is 0.368. The van der Waals surface area contributed by atoms with Crippen LogP contribution < -0.4 is 5.32 Å². The molecule has 0 saturated heterocycles. The van der Waals surface area contributed by atoms with E-state index >= 15 is 0 Å². The second-order valence-corrected chi connectivity index (χ2v) is 8.77. The molecule has 35 heavy (non-hydrogen) atoms. The molecular formula is C27H26N2O6. The fourth-order valence-corrected chi connectivity index (χ4v) is 4.04. The van der Waals surface area contributed by atoms with Crippen LogP contribution in [-0.2, 0) is 14.9 Å². The lowest BCUT2D eigenvalue weighted by Crippen LogP contribution is -2.27. The van der Waals surface area contributed by atoms with Gasteiger partial charge in [-0.3, -0.25) is 9.59 Å². The number of nitrogens with zero attached hydrogens (tertiary/aromatic N) is 1. The molecule has 8 nitrogen and oxygen atoms in total. The highest BCUT2D eigenvalue weighted by molar-refractivity contribution is 6.04. The van der Waals surface area contributed by atoms with Gasteiger partial charge in [0.2, 0.25) is 5.91 Å². The summed E-state index contributed by atoms with van der Waals surface area (Å²) in [4.78, 5) is 39.3. The summed E-state index contributed by atoms with van der Waals surface area (Å²) in [5, 5.41) is 22.4. The molecule has 3 aromatic rings. The normalized spacial score (nSPS) is 13.6. The zero-order valence-electron chi connectivity index (χ0n) is 19.7. The number of carbonyl (C=O) groups excluding carboxylic acids is 3. The molecule has 8 heteroatoms. The van der Waals surface area contributed by atoms with Crippen LogP contribution in [0.5, 0.6) is 11.5 Å². The minimum atomic E-state index is -0.791. The van der Waals surface area contributed by atoms with Crippen LogP contribution >= 0.6 is 0 Å².